The van der Waals surface area contributed by atoms with Crippen molar-refractivity contribution in [3.8, 4) is 0 Å². The number of aliphatic hydroxyl groups excluding tert-OH is 1. The molecule has 0 saturated heterocycles. The van der Waals surface area contributed by atoms with Crippen LogP contribution in [-0.2, 0) is 18.4 Å². The molecule has 270 valence electrons. The molecule has 0 aliphatic rings. The van der Waals surface area contributed by atoms with E-state index in [1.165, 1.54) is 0 Å². The molecule has 2 N–H and O–H groups in total. The Morgan fingerprint density at radius 1 is 0.766 bits per heavy atom. The van der Waals surface area contributed by atoms with Crippen LogP contribution in [0.3, 0.4) is 0 Å². The average Bonchev–Trinajstić information content (AvgIpc) is 3.01. The van der Waals surface area contributed by atoms with Gasteiger partial charge in [-0.2, -0.15) is 0 Å². The monoisotopic (exact) mass is 678 g/mol. The number of hydrogen-bond acceptors (Lipinski definition) is 6. The van der Waals surface area contributed by atoms with Crippen LogP contribution in [0.1, 0.15) is 110 Å². The van der Waals surface area contributed by atoms with E-state index >= 15 is 0 Å². The minimum Gasteiger partial charge on any atom is -0.756 e. The number of carbonyl (C=O) groups excluding carboxylic acids is 1. The Bertz CT molecular complexity index is 997. The van der Waals surface area contributed by atoms with Crippen molar-refractivity contribution in [2.45, 2.75) is 122 Å². The van der Waals surface area contributed by atoms with Gasteiger partial charge in [0.2, 0.25) is 5.91 Å². The maximum atomic E-state index is 12.7. The third-order valence-electron chi connectivity index (χ3n) is 7.17. The third kappa shape index (κ3) is 32.3. The molecule has 0 aromatic heterocycles. The van der Waals surface area contributed by atoms with Gasteiger partial charge in [-0.3, -0.25) is 9.36 Å². The molecule has 0 bridgehead atoms. The molecule has 0 aromatic rings. The van der Waals surface area contributed by atoms with Crippen molar-refractivity contribution in [1.82, 2.24) is 5.32 Å². The number of allylic oxidation sites excluding steroid dienone is 11. The number of nitrogens with one attached hydrogen (secondary N) is 1. The van der Waals surface area contributed by atoms with Gasteiger partial charge in [0.25, 0.3) is 7.82 Å². The van der Waals surface area contributed by atoms with Crippen molar-refractivity contribution < 1.29 is 32.9 Å². The largest absolute Gasteiger partial charge is 0.756 e. The highest BCUT2D eigenvalue weighted by atomic mass is 31.2. The molecule has 0 fully saturated rings. The molecular weight excluding hydrogens is 611 g/mol. The maximum Gasteiger partial charge on any atom is 0.268 e. The van der Waals surface area contributed by atoms with Crippen molar-refractivity contribution in [3.05, 3.63) is 72.9 Å². The van der Waals surface area contributed by atoms with Gasteiger partial charge in [-0.05, 0) is 64.2 Å². The number of phosphoric acid groups is 1. The number of unbranched alkanes of at least 4 members (excludes halogenated alkanes) is 7. The normalized spacial score (nSPS) is 15.6. The first-order valence-corrected chi connectivity index (χ1v) is 19.3. The lowest BCUT2D eigenvalue weighted by Gasteiger charge is -2.29. The van der Waals surface area contributed by atoms with Gasteiger partial charge in [0.05, 0.1) is 39.9 Å². The van der Waals surface area contributed by atoms with Crippen molar-refractivity contribution in [2.75, 3.05) is 40.9 Å². The lowest BCUT2D eigenvalue weighted by molar-refractivity contribution is -0.870. The van der Waals surface area contributed by atoms with E-state index in [2.05, 4.69) is 79.9 Å². The number of likely N-dealkylation sites (N-methyl/N-ethyl adjacent to an activating group) is 1. The van der Waals surface area contributed by atoms with Crippen LogP contribution in [0.4, 0.5) is 0 Å². The summed E-state index contributed by atoms with van der Waals surface area (Å²) in [6.45, 7) is 4.37. The molecule has 0 aromatic carbocycles. The standard InChI is InChI=1S/C38H67N2O6P/c1-6-8-10-12-14-15-16-17-18-19-20-21-22-23-24-25-26-28-30-32-38(42)39-36(37(41)31-29-27-13-11-9-7-2)35-46-47(43,44)45-34-33-40(3,4)5/h8,10,14-15,17-18,20-21,23-24,29,31,36-37,41H,6-7,9,11-13,16,19,22,25-28,30,32-35H2,1-5H3,(H-,39,42,43,44)/b10-8-,15-14-,18-17-,21-20-,24-23-,31-29+. The van der Waals surface area contributed by atoms with Crippen LogP contribution < -0.4 is 10.2 Å². The number of quaternary nitrogens is 1. The quantitative estimate of drug-likeness (QED) is 0.0343. The molecule has 0 heterocycles. The number of hydrogen-bond donors (Lipinski definition) is 2. The third-order valence-corrected chi connectivity index (χ3v) is 8.14. The molecule has 0 rings (SSSR count). The first-order chi connectivity index (χ1) is 22.5. The lowest BCUT2D eigenvalue weighted by atomic mass is 10.1. The summed E-state index contributed by atoms with van der Waals surface area (Å²) in [5.74, 6) is -0.240. The number of nitrogens with zero attached hydrogens (tertiary/aromatic N) is 1. The summed E-state index contributed by atoms with van der Waals surface area (Å²) in [4.78, 5) is 25.0. The van der Waals surface area contributed by atoms with E-state index in [1.807, 2.05) is 27.2 Å². The molecule has 0 aliphatic heterocycles. The van der Waals surface area contributed by atoms with Crippen molar-refractivity contribution in [1.29, 1.82) is 0 Å². The fraction of sp³-hybridized carbons (Fsp3) is 0.658. The van der Waals surface area contributed by atoms with Crippen LogP contribution in [0, 0.1) is 0 Å². The molecule has 3 unspecified atom stereocenters. The van der Waals surface area contributed by atoms with Crippen LogP contribution in [0.2, 0.25) is 0 Å². The highest BCUT2D eigenvalue weighted by molar-refractivity contribution is 7.45. The van der Waals surface area contributed by atoms with E-state index in [-0.39, 0.29) is 12.5 Å². The zero-order valence-corrected chi connectivity index (χ0v) is 31.1. The van der Waals surface area contributed by atoms with Gasteiger partial charge in [-0.1, -0.05) is 112 Å². The van der Waals surface area contributed by atoms with Gasteiger partial charge >= 0.3 is 0 Å². The van der Waals surface area contributed by atoms with Gasteiger partial charge in [0.1, 0.15) is 13.2 Å². The number of phosphoric ester groups is 1. The Balaban J connectivity index is 4.46. The topological polar surface area (TPSA) is 108 Å². The van der Waals surface area contributed by atoms with Crippen molar-refractivity contribution in [3.63, 3.8) is 0 Å². The zero-order chi connectivity index (χ0) is 35.1. The summed E-state index contributed by atoms with van der Waals surface area (Å²) in [7, 11) is 1.21. The summed E-state index contributed by atoms with van der Waals surface area (Å²) in [5, 5.41) is 13.5. The minimum absolute atomic E-state index is 0.0128. The highest BCUT2D eigenvalue weighted by Gasteiger charge is 2.23. The molecule has 0 spiro atoms. The molecule has 0 aliphatic carbocycles. The molecule has 8 nitrogen and oxygen atoms in total. The zero-order valence-electron chi connectivity index (χ0n) is 30.2. The lowest BCUT2D eigenvalue weighted by Crippen LogP contribution is -2.45. The van der Waals surface area contributed by atoms with Crippen LogP contribution in [-0.4, -0.2) is 68.5 Å². The van der Waals surface area contributed by atoms with Gasteiger partial charge in [-0.25, -0.2) is 0 Å². The molecule has 9 heteroatoms. The van der Waals surface area contributed by atoms with Gasteiger partial charge in [0, 0.05) is 6.42 Å². The van der Waals surface area contributed by atoms with Gasteiger partial charge in [-0.15, -0.1) is 0 Å². The second-order valence-corrected chi connectivity index (χ2v) is 14.3. The van der Waals surface area contributed by atoms with E-state index in [4.69, 9.17) is 9.05 Å². The average molecular weight is 679 g/mol. The molecule has 0 saturated carbocycles. The second kappa shape index (κ2) is 30.0. The fourth-order valence-corrected chi connectivity index (χ4v) is 5.01. The summed E-state index contributed by atoms with van der Waals surface area (Å²) in [6.07, 6.45) is 38.3. The van der Waals surface area contributed by atoms with Crippen LogP contribution >= 0.6 is 7.82 Å². The first kappa shape index (κ1) is 44.9. The Morgan fingerprint density at radius 2 is 1.30 bits per heavy atom. The van der Waals surface area contributed by atoms with E-state index in [9.17, 15) is 19.4 Å². The number of amides is 1. The maximum absolute atomic E-state index is 12.7. The fourth-order valence-electron chi connectivity index (χ4n) is 4.29. The Hall–Kier alpha value is -2.06. The Kier molecular flexibility index (Phi) is 28.7. The summed E-state index contributed by atoms with van der Waals surface area (Å²) in [5.41, 5.74) is 0. The van der Waals surface area contributed by atoms with Crippen molar-refractivity contribution in [2.24, 2.45) is 0 Å². The van der Waals surface area contributed by atoms with E-state index in [0.29, 0.717) is 23.9 Å². The Labute approximate surface area is 287 Å². The molecule has 1 amide bonds. The van der Waals surface area contributed by atoms with Crippen molar-refractivity contribution >= 4 is 13.7 Å². The van der Waals surface area contributed by atoms with Crippen LogP contribution in [0.5, 0.6) is 0 Å². The molecule has 3 atom stereocenters. The summed E-state index contributed by atoms with van der Waals surface area (Å²) < 4.78 is 22.9. The first-order valence-electron chi connectivity index (χ1n) is 17.8. The summed E-state index contributed by atoms with van der Waals surface area (Å²) >= 11 is 0. The van der Waals surface area contributed by atoms with E-state index in [1.54, 1.807) is 6.08 Å². The predicted octanol–water partition coefficient (Wildman–Crippen LogP) is 8.27. The predicted molar refractivity (Wildman–Crippen MR) is 196 cm³/mol. The summed E-state index contributed by atoms with van der Waals surface area (Å²) in [6, 6.07) is -0.903. The van der Waals surface area contributed by atoms with Crippen LogP contribution in [0.15, 0.2) is 72.9 Å². The SMILES string of the molecule is CC/C=C\C/C=C\C/C=C\C/C=C\C/C=C\CCCCCC(=O)NC(COP(=O)([O-])OCC[N+](C)(C)C)C(O)/C=C/CCCCCC. The molecular formula is C38H67N2O6P. The van der Waals surface area contributed by atoms with E-state index in [0.717, 1.165) is 83.5 Å². The minimum atomic E-state index is -4.58. The molecule has 0 radical (unpaired) electrons. The Morgan fingerprint density at radius 3 is 1.85 bits per heavy atom. The highest BCUT2D eigenvalue weighted by Crippen LogP contribution is 2.38. The second-order valence-electron chi connectivity index (χ2n) is 12.8. The number of aliphatic hydroxyl groups is 1. The smallest absolute Gasteiger partial charge is 0.268 e. The molecule has 47 heavy (non-hydrogen) atoms. The van der Waals surface area contributed by atoms with E-state index < -0.39 is 26.6 Å². The van der Waals surface area contributed by atoms with Gasteiger partial charge < -0.3 is 28.8 Å². The number of rotatable bonds is 30. The van der Waals surface area contributed by atoms with Gasteiger partial charge in [0.15, 0.2) is 0 Å². The number of carbonyl (C=O) groups is 1. The van der Waals surface area contributed by atoms with Crippen LogP contribution in [0.25, 0.3) is 0 Å².